The van der Waals surface area contributed by atoms with Crippen LogP contribution in [0.2, 0.25) is 0 Å². The summed E-state index contributed by atoms with van der Waals surface area (Å²) < 4.78 is 27.9. The minimum absolute atomic E-state index is 0.264. The van der Waals surface area contributed by atoms with Crippen LogP contribution >= 0.6 is 27.3 Å². The molecule has 1 N–H and O–H groups in total. The van der Waals surface area contributed by atoms with Gasteiger partial charge in [0.25, 0.3) is 10.0 Å². The molecule has 1 aliphatic rings. The summed E-state index contributed by atoms with van der Waals surface area (Å²) in [6, 6.07) is 6.88. The van der Waals surface area contributed by atoms with Gasteiger partial charge < -0.3 is 4.90 Å². The highest BCUT2D eigenvalue weighted by atomic mass is 79.9. The number of sulfonamides is 1. The maximum Gasteiger partial charge on any atom is 0.272 e. The Morgan fingerprint density at radius 2 is 1.95 bits per heavy atom. The molecule has 3 heterocycles. The van der Waals surface area contributed by atoms with Gasteiger partial charge in [-0.2, -0.15) is 0 Å². The van der Waals surface area contributed by atoms with Crippen LogP contribution in [-0.2, 0) is 10.0 Å². The third kappa shape index (κ3) is 3.38. The number of hydrogen-bond donors (Lipinski definition) is 1. The quantitative estimate of drug-likeness (QED) is 0.873. The fourth-order valence-corrected chi connectivity index (χ4v) is 5.26. The molecule has 3 rings (SSSR count). The first-order valence-corrected chi connectivity index (χ1v) is 9.63. The van der Waals surface area contributed by atoms with E-state index in [1.54, 1.807) is 24.4 Å². The van der Waals surface area contributed by atoms with Crippen LogP contribution in [0.3, 0.4) is 0 Å². The lowest BCUT2D eigenvalue weighted by atomic mass is 10.4. The number of pyridine rings is 1. The van der Waals surface area contributed by atoms with E-state index in [1.165, 1.54) is 24.2 Å². The van der Waals surface area contributed by atoms with Crippen LogP contribution in [-0.4, -0.2) is 26.5 Å². The largest absolute Gasteiger partial charge is 0.370 e. The summed E-state index contributed by atoms with van der Waals surface area (Å²) in [6.45, 7) is 2.08. The average Bonchev–Trinajstić information content (AvgIpc) is 3.10. The average molecular weight is 388 g/mol. The molecule has 8 heteroatoms. The van der Waals surface area contributed by atoms with E-state index < -0.39 is 10.0 Å². The monoisotopic (exact) mass is 387 g/mol. The van der Waals surface area contributed by atoms with Crippen LogP contribution in [0.25, 0.3) is 0 Å². The summed E-state index contributed by atoms with van der Waals surface area (Å²) in [5, 5.41) is 0. The molecular formula is C13H14BrN3O2S2. The molecule has 0 unspecified atom stereocenters. The maximum absolute atomic E-state index is 12.2. The zero-order valence-electron chi connectivity index (χ0n) is 11.1. The van der Waals surface area contributed by atoms with Gasteiger partial charge in [-0.05, 0) is 53.0 Å². The SMILES string of the molecule is O=S(=O)(Nc1ccc(N2CCCC2)cn1)c1ccc(Br)s1. The minimum atomic E-state index is -3.56. The Kier molecular flexibility index (Phi) is 4.19. The van der Waals surface area contributed by atoms with Gasteiger partial charge in [0.15, 0.2) is 0 Å². The van der Waals surface area contributed by atoms with Crippen LogP contribution in [0.15, 0.2) is 38.5 Å². The number of thiophene rings is 1. The zero-order chi connectivity index (χ0) is 14.9. The molecule has 0 atom stereocenters. The van der Waals surface area contributed by atoms with Gasteiger partial charge in [0, 0.05) is 13.1 Å². The highest BCUT2D eigenvalue weighted by Crippen LogP contribution is 2.27. The molecule has 0 amide bonds. The normalized spacial score (nSPS) is 15.4. The summed E-state index contributed by atoms with van der Waals surface area (Å²) in [5.41, 5.74) is 1.04. The van der Waals surface area contributed by atoms with Crippen molar-refractivity contribution in [2.75, 3.05) is 22.7 Å². The van der Waals surface area contributed by atoms with E-state index >= 15 is 0 Å². The number of halogens is 1. The lowest BCUT2D eigenvalue weighted by molar-refractivity contribution is 0.603. The first-order valence-electron chi connectivity index (χ1n) is 6.54. The lowest BCUT2D eigenvalue weighted by Crippen LogP contribution is -2.18. The molecule has 112 valence electrons. The van der Waals surface area contributed by atoms with Crippen molar-refractivity contribution < 1.29 is 8.42 Å². The Hall–Kier alpha value is -1.12. The summed E-state index contributed by atoms with van der Waals surface area (Å²) in [7, 11) is -3.56. The molecule has 1 aliphatic heterocycles. The summed E-state index contributed by atoms with van der Waals surface area (Å²) in [6.07, 6.45) is 4.11. The van der Waals surface area contributed by atoms with Crippen LogP contribution in [0, 0.1) is 0 Å². The van der Waals surface area contributed by atoms with E-state index in [0.29, 0.717) is 5.82 Å². The van der Waals surface area contributed by atoms with Gasteiger partial charge in [0.1, 0.15) is 10.0 Å². The predicted molar refractivity (Wildman–Crippen MR) is 88.5 cm³/mol. The highest BCUT2D eigenvalue weighted by molar-refractivity contribution is 9.11. The van der Waals surface area contributed by atoms with Crippen LogP contribution in [0.4, 0.5) is 11.5 Å². The van der Waals surface area contributed by atoms with E-state index in [4.69, 9.17) is 0 Å². The van der Waals surface area contributed by atoms with Crippen LogP contribution in [0.1, 0.15) is 12.8 Å². The van der Waals surface area contributed by atoms with Gasteiger partial charge in [0.05, 0.1) is 15.7 Å². The first kappa shape index (κ1) is 14.8. The number of rotatable bonds is 4. The molecule has 5 nitrogen and oxygen atoms in total. The topological polar surface area (TPSA) is 62.3 Å². The fourth-order valence-electron chi connectivity index (χ4n) is 2.24. The number of aromatic nitrogens is 1. The van der Waals surface area contributed by atoms with E-state index in [1.807, 2.05) is 6.07 Å². The van der Waals surface area contributed by atoms with Gasteiger partial charge >= 0.3 is 0 Å². The van der Waals surface area contributed by atoms with Crippen LogP contribution in [0.5, 0.6) is 0 Å². The molecule has 1 saturated heterocycles. The lowest BCUT2D eigenvalue weighted by Gasteiger charge is -2.17. The number of anilines is 2. The van der Waals surface area contributed by atoms with Gasteiger partial charge in [-0.25, -0.2) is 13.4 Å². The van der Waals surface area contributed by atoms with E-state index in [9.17, 15) is 8.42 Å². The predicted octanol–water partition coefficient (Wildman–Crippen LogP) is 3.31. The Morgan fingerprint density at radius 3 is 2.52 bits per heavy atom. The molecule has 0 bridgehead atoms. The second-order valence-electron chi connectivity index (χ2n) is 4.76. The molecular weight excluding hydrogens is 374 g/mol. The van der Waals surface area contributed by atoms with Gasteiger partial charge in [-0.1, -0.05) is 0 Å². The van der Waals surface area contributed by atoms with Crippen molar-refractivity contribution >= 4 is 48.8 Å². The third-order valence-electron chi connectivity index (χ3n) is 3.27. The van der Waals surface area contributed by atoms with E-state index in [0.717, 1.165) is 22.6 Å². The van der Waals surface area contributed by atoms with Gasteiger partial charge in [-0.15, -0.1) is 11.3 Å². The second kappa shape index (κ2) is 5.94. The van der Waals surface area contributed by atoms with E-state index in [2.05, 4.69) is 30.5 Å². The summed E-state index contributed by atoms with van der Waals surface area (Å²) in [5.74, 6) is 0.336. The van der Waals surface area contributed by atoms with Gasteiger partial charge in [0.2, 0.25) is 0 Å². The third-order valence-corrected chi connectivity index (χ3v) is 6.74. The molecule has 0 spiro atoms. The molecule has 0 aromatic carbocycles. The number of nitrogens with one attached hydrogen (secondary N) is 1. The fraction of sp³-hybridized carbons (Fsp3) is 0.308. The zero-order valence-corrected chi connectivity index (χ0v) is 14.3. The molecule has 1 fully saturated rings. The Balaban J connectivity index is 1.75. The van der Waals surface area contributed by atoms with Crippen molar-refractivity contribution in [3.8, 4) is 0 Å². The molecule has 21 heavy (non-hydrogen) atoms. The Labute approximate surface area is 136 Å². The van der Waals surface area contributed by atoms with Gasteiger partial charge in [-0.3, -0.25) is 4.72 Å². The molecule has 0 saturated carbocycles. The molecule has 2 aromatic heterocycles. The Bertz CT molecular complexity index is 722. The summed E-state index contributed by atoms with van der Waals surface area (Å²) >= 11 is 4.43. The standard InChI is InChI=1S/C13H14BrN3O2S2/c14-11-4-6-13(20-11)21(18,19)16-12-5-3-10(9-15-12)17-7-1-2-8-17/h3-6,9H,1-2,7-8H2,(H,15,16). The number of nitrogens with zero attached hydrogens (tertiary/aromatic N) is 2. The van der Waals surface area contributed by atoms with Crippen molar-refractivity contribution in [2.45, 2.75) is 17.1 Å². The maximum atomic E-state index is 12.2. The van der Waals surface area contributed by atoms with Crippen molar-refractivity contribution in [2.24, 2.45) is 0 Å². The molecule has 2 aromatic rings. The molecule has 0 aliphatic carbocycles. The van der Waals surface area contributed by atoms with Crippen molar-refractivity contribution in [1.29, 1.82) is 0 Å². The first-order chi connectivity index (χ1) is 10.0. The Morgan fingerprint density at radius 1 is 1.19 bits per heavy atom. The number of hydrogen-bond acceptors (Lipinski definition) is 5. The van der Waals surface area contributed by atoms with E-state index in [-0.39, 0.29) is 4.21 Å². The van der Waals surface area contributed by atoms with Crippen molar-refractivity contribution in [3.63, 3.8) is 0 Å². The smallest absolute Gasteiger partial charge is 0.272 e. The summed E-state index contributed by atoms with van der Waals surface area (Å²) in [4.78, 5) is 6.45. The van der Waals surface area contributed by atoms with Crippen molar-refractivity contribution in [1.82, 2.24) is 4.98 Å². The molecule has 0 radical (unpaired) electrons. The highest BCUT2D eigenvalue weighted by Gasteiger charge is 2.18. The minimum Gasteiger partial charge on any atom is -0.370 e. The van der Waals surface area contributed by atoms with Crippen molar-refractivity contribution in [3.05, 3.63) is 34.2 Å². The van der Waals surface area contributed by atoms with Crippen LogP contribution < -0.4 is 9.62 Å². The second-order valence-corrected chi connectivity index (χ2v) is 9.13.